The Labute approximate surface area is 113 Å². The van der Waals surface area contributed by atoms with Gasteiger partial charge in [0, 0.05) is 37.8 Å². The first kappa shape index (κ1) is 13.5. The van der Waals surface area contributed by atoms with Crippen molar-refractivity contribution in [1.29, 1.82) is 0 Å². The lowest BCUT2D eigenvalue weighted by Gasteiger charge is -2.25. The Kier molecular flexibility index (Phi) is 4.16. The van der Waals surface area contributed by atoms with E-state index in [9.17, 15) is 9.59 Å². The van der Waals surface area contributed by atoms with Crippen molar-refractivity contribution in [3.05, 3.63) is 29.3 Å². The quantitative estimate of drug-likeness (QED) is 0.845. The zero-order chi connectivity index (χ0) is 13.8. The molecule has 5 heteroatoms. The summed E-state index contributed by atoms with van der Waals surface area (Å²) in [7, 11) is 3.60. The number of amides is 2. The zero-order valence-corrected chi connectivity index (χ0v) is 11.3. The van der Waals surface area contributed by atoms with Crippen LogP contribution >= 0.6 is 0 Å². The van der Waals surface area contributed by atoms with E-state index in [1.807, 2.05) is 12.1 Å². The number of anilines is 1. The molecule has 0 spiro atoms. The van der Waals surface area contributed by atoms with Gasteiger partial charge in [-0.15, -0.1) is 0 Å². The Morgan fingerprint density at radius 1 is 1.42 bits per heavy atom. The van der Waals surface area contributed by atoms with Gasteiger partial charge < -0.3 is 15.5 Å². The average molecular weight is 261 g/mol. The summed E-state index contributed by atoms with van der Waals surface area (Å²) >= 11 is 0. The second-order valence-electron chi connectivity index (χ2n) is 4.75. The maximum Gasteiger partial charge on any atom is 0.253 e. The fraction of sp³-hybridized carbons (Fsp3) is 0.429. The first-order valence-electron chi connectivity index (χ1n) is 6.44. The molecule has 0 bridgehead atoms. The van der Waals surface area contributed by atoms with E-state index in [4.69, 9.17) is 0 Å². The number of benzene rings is 1. The van der Waals surface area contributed by atoms with E-state index in [0.29, 0.717) is 24.2 Å². The molecule has 0 fully saturated rings. The van der Waals surface area contributed by atoms with Crippen LogP contribution in [0.3, 0.4) is 0 Å². The Balaban J connectivity index is 2.12. The number of likely N-dealkylation sites (N-methyl/N-ethyl adjacent to an activating group) is 1. The smallest absolute Gasteiger partial charge is 0.253 e. The van der Waals surface area contributed by atoms with Gasteiger partial charge in [-0.05, 0) is 31.2 Å². The predicted octanol–water partition coefficient (Wildman–Crippen LogP) is 0.863. The van der Waals surface area contributed by atoms with E-state index in [1.165, 1.54) is 0 Å². The third kappa shape index (κ3) is 3.12. The van der Waals surface area contributed by atoms with Crippen LogP contribution < -0.4 is 10.6 Å². The molecular formula is C14H19N3O2. The molecule has 2 rings (SSSR count). The minimum atomic E-state index is -0.0501. The SMILES string of the molecule is CNCCC(=O)Nc1ccc2c(c1)C(=O)N(C)CC2. The molecule has 1 aromatic rings. The molecule has 2 amide bonds. The molecule has 2 N–H and O–H groups in total. The van der Waals surface area contributed by atoms with Gasteiger partial charge in [0.1, 0.15) is 0 Å². The molecule has 102 valence electrons. The average Bonchev–Trinajstić information content (AvgIpc) is 2.41. The second-order valence-corrected chi connectivity index (χ2v) is 4.75. The number of fused-ring (bicyclic) bond motifs is 1. The Morgan fingerprint density at radius 2 is 2.21 bits per heavy atom. The number of carbonyl (C=O) groups excluding carboxylic acids is 2. The van der Waals surface area contributed by atoms with Gasteiger partial charge in [0.15, 0.2) is 0 Å². The molecule has 19 heavy (non-hydrogen) atoms. The summed E-state index contributed by atoms with van der Waals surface area (Å²) in [6, 6.07) is 5.55. The summed E-state index contributed by atoms with van der Waals surface area (Å²) in [5, 5.41) is 5.74. The van der Waals surface area contributed by atoms with Gasteiger partial charge in [0.25, 0.3) is 5.91 Å². The summed E-state index contributed by atoms with van der Waals surface area (Å²) < 4.78 is 0. The van der Waals surface area contributed by atoms with Crippen LogP contribution in [0.5, 0.6) is 0 Å². The monoisotopic (exact) mass is 261 g/mol. The third-order valence-electron chi connectivity index (χ3n) is 3.29. The van der Waals surface area contributed by atoms with Gasteiger partial charge >= 0.3 is 0 Å². The summed E-state index contributed by atoms with van der Waals surface area (Å²) in [5.41, 5.74) is 2.43. The van der Waals surface area contributed by atoms with Crippen LogP contribution in [0.1, 0.15) is 22.3 Å². The minimum Gasteiger partial charge on any atom is -0.341 e. The highest BCUT2D eigenvalue weighted by Crippen LogP contribution is 2.22. The highest BCUT2D eigenvalue weighted by Gasteiger charge is 2.21. The van der Waals surface area contributed by atoms with Gasteiger partial charge in [0.2, 0.25) is 5.91 Å². The molecule has 1 aliphatic heterocycles. The van der Waals surface area contributed by atoms with Crippen molar-refractivity contribution in [1.82, 2.24) is 10.2 Å². The molecule has 0 aliphatic carbocycles. The van der Waals surface area contributed by atoms with E-state index in [2.05, 4.69) is 10.6 Å². The largest absolute Gasteiger partial charge is 0.341 e. The molecule has 1 aliphatic rings. The first-order chi connectivity index (χ1) is 9.11. The molecule has 0 saturated carbocycles. The van der Waals surface area contributed by atoms with E-state index in [-0.39, 0.29) is 11.8 Å². The number of carbonyl (C=O) groups is 2. The number of nitrogens with one attached hydrogen (secondary N) is 2. The van der Waals surface area contributed by atoms with Gasteiger partial charge in [-0.2, -0.15) is 0 Å². The number of hydrogen-bond donors (Lipinski definition) is 2. The van der Waals surface area contributed by atoms with Crippen molar-refractivity contribution in [3.63, 3.8) is 0 Å². The molecule has 1 aromatic carbocycles. The summed E-state index contributed by atoms with van der Waals surface area (Å²) in [6.07, 6.45) is 1.28. The van der Waals surface area contributed by atoms with Crippen LogP contribution in [0.25, 0.3) is 0 Å². The molecule has 0 saturated heterocycles. The number of hydrogen-bond acceptors (Lipinski definition) is 3. The Hall–Kier alpha value is -1.88. The lowest BCUT2D eigenvalue weighted by Crippen LogP contribution is -2.34. The summed E-state index contributed by atoms with van der Waals surface area (Å²) in [4.78, 5) is 25.4. The molecular weight excluding hydrogens is 242 g/mol. The Bertz CT molecular complexity index is 499. The number of nitrogens with zero attached hydrogens (tertiary/aromatic N) is 1. The van der Waals surface area contributed by atoms with Crippen molar-refractivity contribution in [2.24, 2.45) is 0 Å². The fourth-order valence-electron chi connectivity index (χ4n) is 2.13. The summed E-state index contributed by atoms with van der Waals surface area (Å²) in [6.45, 7) is 1.39. The molecule has 5 nitrogen and oxygen atoms in total. The Morgan fingerprint density at radius 3 is 2.95 bits per heavy atom. The first-order valence-corrected chi connectivity index (χ1v) is 6.44. The molecule has 0 radical (unpaired) electrons. The van der Waals surface area contributed by atoms with Crippen molar-refractivity contribution < 1.29 is 9.59 Å². The molecule has 0 atom stereocenters. The van der Waals surface area contributed by atoms with Gasteiger partial charge in [-0.25, -0.2) is 0 Å². The van der Waals surface area contributed by atoms with Gasteiger partial charge in [-0.3, -0.25) is 9.59 Å². The lowest BCUT2D eigenvalue weighted by molar-refractivity contribution is -0.116. The molecule has 0 unspecified atom stereocenters. The third-order valence-corrected chi connectivity index (χ3v) is 3.29. The van der Waals surface area contributed by atoms with Gasteiger partial charge in [0.05, 0.1) is 0 Å². The molecule has 1 heterocycles. The van der Waals surface area contributed by atoms with Crippen LogP contribution in [0.15, 0.2) is 18.2 Å². The van der Waals surface area contributed by atoms with Crippen LogP contribution in [0.2, 0.25) is 0 Å². The highest BCUT2D eigenvalue weighted by molar-refractivity contribution is 5.99. The number of rotatable bonds is 4. The molecule has 0 aromatic heterocycles. The topological polar surface area (TPSA) is 61.4 Å². The van der Waals surface area contributed by atoms with Crippen LogP contribution in [-0.2, 0) is 11.2 Å². The highest BCUT2D eigenvalue weighted by atomic mass is 16.2. The normalized spacial score (nSPS) is 14.2. The summed E-state index contributed by atoms with van der Waals surface area (Å²) in [5.74, 6) is -0.0292. The maximum atomic E-state index is 12.0. The van der Waals surface area contributed by atoms with Crippen LogP contribution in [-0.4, -0.2) is 43.9 Å². The maximum absolute atomic E-state index is 12.0. The minimum absolute atomic E-state index is 0.0209. The predicted molar refractivity (Wildman–Crippen MR) is 74.3 cm³/mol. The van der Waals surface area contributed by atoms with E-state index >= 15 is 0 Å². The van der Waals surface area contributed by atoms with E-state index in [0.717, 1.165) is 18.5 Å². The van der Waals surface area contributed by atoms with E-state index in [1.54, 1.807) is 25.1 Å². The van der Waals surface area contributed by atoms with Crippen LogP contribution in [0, 0.1) is 0 Å². The fourth-order valence-corrected chi connectivity index (χ4v) is 2.13. The van der Waals surface area contributed by atoms with Crippen molar-refractivity contribution >= 4 is 17.5 Å². The van der Waals surface area contributed by atoms with E-state index < -0.39 is 0 Å². The van der Waals surface area contributed by atoms with Crippen molar-refractivity contribution in [3.8, 4) is 0 Å². The van der Waals surface area contributed by atoms with Crippen LogP contribution in [0.4, 0.5) is 5.69 Å². The zero-order valence-electron chi connectivity index (χ0n) is 11.3. The van der Waals surface area contributed by atoms with Gasteiger partial charge in [-0.1, -0.05) is 6.07 Å². The standard InChI is InChI=1S/C14H19N3O2/c1-15-7-5-13(18)16-11-4-3-10-6-8-17(2)14(19)12(10)9-11/h3-4,9,15H,5-8H2,1-2H3,(H,16,18). The van der Waals surface area contributed by atoms with Crippen molar-refractivity contribution in [2.75, 3.05) is 32.5 Å². The second kappa shape index (κ2) is 5.84. The lowest BCUT2D eigenvalue weighted by atomic mass is 9.98. The van der Waals surface area contributed by atoms with Crippen molar-refractivity contribution in [2.45, 2.75) is 12.8 Å².